The van der Waals surface area contributed by atoms with Crippen molar-refractivity contribution in [2.75, 3.05) is 39.6 Å². The van der Waals surface area contributed by atoms with Gasteiger partial charge in [-0.15, -0.1) is 5.10 Å². The molecule has 0 bridgehead atoms. The van der Waals surface area contributed by atoms with Crippen LogP contribution in [0, 0.1) is 0 Å². The molecular formula is C11H20N6O3. The fourth-order valence-corrected chi connectivity index (χ4v) is 1.45. The molecule has 112 valence electrons. The molecule has 0 aliphatic carbocycles. The van der Waals surface area contributed by atoms with E-state index in [1.165, 1.54) is 15.9 Å². The molecule has 0 saturated carbocycles. The Balaban J connectivity index is 2.28. The smallest absolute Gasteiger partial charge is 0.244 e. The summed E-state index contributed by atoms with van der Waals surface area (Å²) < 4.78 is 6.19. The molecule has 0 aliphatic heterocycles. The SMILES string of the molecule is COCCCNC(=O)CN(C)C(=O)Cn1cnc(N)n1. The lowest BCUT2D eigenvalue weighted by molar-refractivity contribution is -0.135. The number of nitrogens with one attached hydrogen (secondary N) is 1. The second-order valence-electron chi connectivity index (χ2n) is 4.25. The lowest BCUT2D eigenvalue weighted by Crippen LogP contribution is -2.40. The highest BCUT2D eigenvalue weighted by Gasteiger charge is 2.13. The number of anilines is 1. The van der Waals surface area contributed by atoms with Crippen LogP contribution < -0.4 is 11.1 Å². The van der Waals surface area contributed by atoms with Crippen molar-refractivity contribution in [3.63, 3.8) is 0 Å². The van der Waals surface area contributed by atoms with Crippen LogP contribution in [0.5, 0.6) is 0 Å². The molecule has 0 radical (unpaired) electrons. The zero-order valence-electron chi connectivity index (χ0n) is 11.7. The Morgan fingerprint density at radius 2 is 2.30 bits per heavy atom. The minimum absolute atomic E-state index is 0.00233. The van der Waals surface area contributed by atoms with Crippen molar-refractivity contribution in [2.24, 2.45) is 0 Å². The van der Waals surface area contributed by atoms with E-state index >= 15 is 0 Å². The van der Waals surface area contributed by atoms with Crippen LogP contribution in [0.1, 0.15) is 6.42 Å². The molecule has 2 amide bonds. The Morgan fingerprint density at radius 1 is 1.55 bits per heavy atom. The lowest BCUT2D eigenvalue weighted by atomic mass is 10.4. The Labute approximate surface area is 117 Å². The van der Waals surface area contributed by atoms with Crippen LogP contribution in [0.25, 0.3) is 0 Å². The highest BCUT2D eigenvalue weighted by molar-refractivity contribution is 5.84. The Morgan fingerprint density at radius 3 is 2.90 bits per heavy atom. The number of carbonyl (C=O) groups excluding carboxylic acids is 2. The van der Waals surface area contributed by atoms with Crippen LogP contribution in [0.3, 0.4) is 0 Å². The molecule has 1 aromatic rings. The molecule has 9 nitrogen and oxygen atoms in total. The number of amides is 2. The van der Waals surface area contributed by atoms with Gasteiger partial charge in [-0.05, 0) is 6.42 Å². The molecule has 0 fully saturated rings. The van der Waals surface area contributed by atoms with Crippen molar-refractivity contribution < 1.29 is 14.3 Å². The van der Waals surface area contributed by atoms with Crippen molar-refractivity contribution in [3.8, 4) is 0 Å². The summed E-state index contributed by atoms with van der Waals surface area (Å²) in [5.41, 5.74) is 5.35. The number of nitrogens with two attached hydrogens (primary N) is 1. The van der Waals surface area contributed by atoms with E-state index in [1.54, 1.807) is 14.2 Å². The Bertz CT molecular complexity index is 447. The predicted octanol–water partition coefficient (Wildman–Crippen LogP) is -1.53. The molecule has 1 rings (SSSR count). The average Bonchev–Trinajstić information content (AvgIpc) is 2.80. The van der Waals surface area contributed by atoms with Crippen molar-refractivity contribution >= 4 is 17.8 Å². The fraction of sp³-hybridized carbons (Fsp3) is 0.636. The maximum Gasteiger partial charge on any atom is 0.244 e. The highest BCUT2D eigenvalue weighted by Crippen LogP contribution is 1.93. The van der Waals surface area contributed by atoms with Gasteiger partial charge in [-0.2, -0.15) is 0 Å². The van der Waals surface area contributed by atoms with Gasteiger partial charge in [0.1, 0.15) is 12.9 Å². The monoisotopic (exact) mass is 284 g/mol. The summed E-state index contributed by atoms with van der Waals surface area (Å²) >= 11 is 0. The summed E-state index contributed by atoms with van der Waals surface area (Å²) in [6.07, 6.45) is 2.10. The molecule has 0 aliphatic rings. The van der Waals surface area contributed by atoms with E-state index in [1.807, 2.05) is 0 Å². The summed E-state index contributed by atoms with van der Waals surface area (Å²) in [4.78, 5) is 28.4. The van der Waals surface area contributed by atoms with E-state index < -0.39 is 0 Å². The van der Waals surface area contributed by atoms with E-state index in [2.05, 4.69) is 15.4 Å². The van der Waals surface area contributed by atoms with Crippen LogP contribution >= 0.6 is 0 Å². The third-order valence-corrected chi connectivity index (χ3v) is 2.51. The number of rotatable bonds is 8. The first kappa shape index (κ1) is 15.9. The lowest BCUT2D eigenvalue weighted by Gasteiger charge is -2.16. The van der Waals surface area contributed by atoms with E-state index in [9.17, 15) is 9.59 Å². The van der Waals surface area contributed by atoms with Crippen molar-refractivity contribution in [1.29, 1.82) is 0 Å². The maximum absolute atomic E-state index is 11.8. The van der Waals surface area contributed by atoms with Crippen molar-refractivity contribution in [1.82, 2.24) is 25.0 Å². The summed E-state index contributed by atoms with van der Waals surface area (Å²) in [7, 11) is 3.16. The molecular weight excluding hydrogens is 264 g/mol. The van der Waals surface area contributed by atoms with E-state index in [-0.39, 0.29) is 30.9 Å². The summed E-state index contributed by atoms with van der Waals surface area (Å²) in [6, 6.07) is 0. The molecule has 1 heterocycles. The van der Waals surface area contributed by atoms with Gasteiger partial charge in [-0.25, -0.2) is 9.67 Å². The molecule has 9 heteroatoms. The minimum Gasteiger partial charge on any atom is -0.385 e. The molecule has 0 aromatic carbocycles. The third-order valence-electron chi connectivity index (χ3n) is 2.51. The molecule has 0 atom stereocenters. The molecule has 3 N–H and O–H groups in total. The van der Waals surface area contributed by atoms with Crippen LogP contribution in [0.15, 0.2) is 6.33 Å². The highest BCUT2D eigenvalue weighted by atomic mass is 16.5. The van der Waals surface area contributed by atoms with Crippen LogP contribution in [0.2, 0.25) is 0 Å². The number of ether oxygens (including phenoxy) is 1. The van der Waals surface area contributed by atoms with Gasteiger partial charge in [0, 0.05) is 27.3 Å². The Hall–Kier alpha value is -2.16. The number of nitrogens with zero attached hydrogens (tertiary/aromatic N) is 4. The first-order valence-electron chi connectivity index (χ1n) is 6.17. The van der Waals surface area contributed by atoms with Gasteiger partial charge in [0.05, 0.1) is 6.54 Å². The molecule has 0 spiro atoms. The topological polar surface area (TPSA) is 115 Å². The number of likely N-dealkylation sites (N-methyl/N-ethyl adjacent to an activating group) is 1. The number of hydrogen-bond acceptors (Lipinski definition) is 6. The van der Waals surface area contributed by atoms with Gasteiger partial charge in [0.25, 0.3) is 0 Å². The number of hydrogen-bond donors (Lipinski definition) is 2. The first-order valence-corrected chi connectivity index (χ1v) is 6.17. The number of aromatic nitrogens is 3. The third kappa shape index (κ3) is 5.65. The molecule has 0 unspecified atom stereocenters. The largest absolute Gasteiger partial charge is 0.385 e. The van der Waals surface area contributed by atoms with Gasteiger partial charge >= 0.3 is 0 Å². The maximum atomic E-state index is 11.8. The Kier molecular flexibility index (Phi) is 6.44. The second-order valence-corrected chi connectivity index (χ2v) is 4.25. The standard InChI is InChI=1S/C11H20N6O3/c1-16(6-9(18)13-4-3-5-20-2)10(19)7-17-8-14-11(12)15-17/h8H,3-7H2,1-2H3,(H2,12,15)(H,13,18). The normalized spacial score (nSPS) is 10.3. The first-order chi connectivity index (χ1) is 9.52. The van der Waals surface area contributed by atoms with Gasteiger partial charge in [0.15, 0.2) is 0 Å². The van der Waals surface area contributed by atoms with Gasteiger partial charge < -0.3 is 20.7 Å². The van der Waals surface area contributed by atoms with Crippen LogP contribution in [0.4, 0.5) is 5.95 Å². The number of carbonyl (C=O) groups is 2. The van der Waals surface area contributed by atoms with Gasteiger partial charge in [-0.3, -0.25) is 9.59 Å². The second kappa shape index (κ2) is 8.10. The summed E-state index contributed by atoms with van der Waals surface area (Å²) in [6.45, 7) is 1.10. The number of nitrogen functional groups attached to an aromatic ring is 1. The van der Waals surface area contributed by atoms with Crippen molar-refractivity contribution in [2.45, 2.75) is 13.0 Å². The quantitative estimate of drug-likeness (QED) is 0.560. The van der Waals surface area contributed by atoms with E-state index in [0.717, 1.165) is 6.42 Å². The predicted molar refractivity (Wildman–Crippen MR) is 71.6 cm³/mol. The molecule has 1 aromatic heterocycles. The fourth-order valence-electron chi connectivity index (χ4n) is 1.45. The molecule has 20 heavy (non-hydrogen) atoms. The summed E-state index contributed by atoms with van der Waals surface area (Å²) in [5, 5.41) is 6.51. The summed E-state index contributed by atoms with van der Waals surface area (Å²) in [5.74, 6) is -0.353. The zero-order chi connectivity index (χ0) is 15.0. The van der Waals surface area contributed by atoms with Crippen LogP contribution in [-0.4, -0.2) is 65.3 Å². The molecule has 0 saturated heterocycles. The van der Waals surface area contributed by atoms with Crippen LogP contribution in [-0.2, 0) is 20.9 Å². The van der Waals surface area contributed by atoms with E-state index in [4.69, 9.17) is 10.5 Å². The van der Waals surface area contributed by atoms with Crippen molar-refractivity contribution in [3.05, 3.63) is 6.33 Å². The minimum atomic E-state index is -0.248. The van der Waals surface area contributed by atoms with Gasteiger partial charge in [0.2, 0.25) is 17.8 Å². The van der Waals surface area contributed by atoms with E-state index in [0.29, 0.717) is 13.2 Å². The number of methoxy groups -OCH3 is 1. The zero-order valence-corrected chi connectivity index (χ0v) is 11.7. The average molecular weight is 284 g/mol. The van der Waals surface area contributed by atoms with Gasteiger partial charge in [-0.1, -0.05) is 0 Å².